The first-order chi connectivity index (χ1) is 13.7. The maximum Gasteiger partial charge on any atom is 0.270 e. The summed E-state index contributed by atoms with van der Waals surface area (Å²) < 4.78 is 1.45. The molecule has 1 saturated heterocycles. The number of fused-ring (bicyclic) bond motifs is 2. The van der Waals surface area contributed by atoms with E-state index in [9.17, 15) is 9.59 Å². The largest absolute Gasteiger partial charge is 0.351 e. The van der Waals surface area contributed by atoms with E-state index in [1.54, 1.807) is 28.3 Å². The maximum absolute atomic E-state index is 12.9. The SMILES string of the molecule is O=C(c1cc2ccccc2[nH]1)N1CCN(C(=O)c2cnn3ncccc23)CC1. The molecule has 0 bridgehead atoms. The summed E-state index contributed by atoms with van der Waals surface area (Å²) in [6.45, 7) is 1.97. The summed E-state index contributed by atoms with van der Waals surface area (Å²) in [4.78, 5) is 32.4. The zero-order valence-corrected chi connectivity index (χ0v) is 15.1. The Hall–Kier alpha value is -3.68. The maximum atomic E-state index is 12.9. The molecule has 8 nitrogen and oxygen atoms in total. The second-order valence-corrected chi connectivity index (χ2v) is 6.81. The van der Waals surface area contributed by atoms with Gasteiger partial charge in [0.15, 0.2) is 0 Å². The Balaban J connectivity index is 1.29. The van der Waals surface area contributed by atoms with Gasteiger partial charge in [0, 0.05) is 43.3 Å². The van der Waals surface area contributed by atoms with Crippen LogP contribution in [0.4, 0.5) is 0 Å². The third kappa shape index (κ3) is 2.70. The van der Waals surface area contributed by atoms with Gasteiger partial charge < -0.3 is 14.8 Å². The van der Waals surface area contributed by atoms with Gasteiger partial charge in [-0.1, -0.05) is 18.2 Å². The van der Waals surface area contributed by atoms with Gasteiger partial charge in [0.05, 0.1) is 11.8 Å². The predicted octanol–water partition coefficient (Wildman–Crippen LogP) is 1.81. The molecule has 4 heterocycles. The van der Waals surface area contributed by atoms with E-state index in [0.717, 1.165) is 10.9 Å². The predicted molar refractivity (Wildman–Crippen MR) is 103 cm³/mol. The topological polar surface area (TPSA) is 86.6 Å². The van der Waals surface area contributed by atoms with E-state index in [1.165, 1.54) is 4.63 Å². The quantitative estimate of drug-likeness (QED) is 0.580. The fourth-order valence-corrected chi connectivity index (χ4v) is 3.64. The lowest BCUT2D eigenvalue weighted by Crippen LogP contribution is -2.50. The Kier molecular flexibility index (Phi) is 3.82. The summed E-state index contributed by atoms with van der Waals surface area (Å²) in [5.41, 5.74) is 2.74. The smallest absolute Gasteiger partial charge is 0.270 e. The van der Waals surface area contributed by atoms with E-state index < -0.39 is 0 Å². The molecule has 1 N–H and O–H groups in total. The molecule has 4 aromatic rings. The minimum atomic E-state index is -0.0827. The summed E-state index contributed by atoms with van der Waals surface area (Å²) in [5, 5.41) is 9.24. The number of nitrogens with zero attached hydrogens (tertiary/aromatic N) is 5. The molecule has 8 heteroatoms. The summed E-state index contributed by atoms with van der Waals surface area (Å²) in [6.07, 6.45) is 3.18. The number of para-hydroxylation sites is 1. The van der Waals surface area contributed by atoms with Crippen LogP contribution in [0.25, 0.3) is 16.4 Å². The van der Waals surface area contributed by atoms with E-state index in [2.05, 4.69) is 15.2 Å². The van der Waals surface area contributed by atoms with Gasteiger partial charge in [0.25, 0.3) is 11.8 Å². The van der Waals surface area contributed by atoms with Crippen molar-refractivity contribution in [2.24, 2.45) is 0 Å². The number of benzene rings is 1. The average Bonchev–Trinajstić information content (AvgIpc) is 3.37. The molecule has 1 aliphatic heterocycles. The number of aromatic amines is 1. The highest BCUT2D eigenvalue weighted by Gasteiger charge is 2.27. The normalized spacial score (nSPS) is 14.7. The second-order valence-electron chi connectivity index (χ2n) is 6.81. The number of H-pyrrole nitrogens is 1. The van der Waals surface area contributed by atoms with E-state index in [0.29, 0.717) is 43.0 Å². The molecular weight excluding hydrogens is 356 g/mol. The van der Waals surface area contributed by atoms with Crippen molar-refractivity contribution < 1.29 is 9.59 Å². The summed E-state index contributed by atoms with van der Waals surface area (Å²) in [7, 11) is 0. The number of rotatable bonds is 2. The minimum absolute atomic E-state index is 0.0384. The van der Waals surface area contributed by atoms with Gasteiger partial charge in [-0.2, -0.15) is 14.8 Å². The molecule has 0 saturated carbocycles. The van der Waals surface area contributed by atoms with Crippen molar-refractivity contribution in [2.45, 2.75) is 0 Å². The Labute approximate surface area is 160 Å². The van der Waals surface area contributed by atoms with Crippen LogP contribution in [0.15, 0.2) is 54.9 Å². The Morgan fingerprint density at radius 1 is 0.893 bits per heavy atom. The third-order valence-electron chi connectivity index (χ3n) is 5.15. The van der Waals surface area contributed by atoms with Gasteiger partial charge in [-0.25, -0.2) is 0 Å². The van der Waals surface area contributed by atoms with E-state index in [4.69, 9.17) is 0 Å². The number of carbonyl (C=O) groups excluding carboxylic acids is 2. The lowest BCUT2D eigenvalue weighted by molar-refractivity contribution is 0.0534. The highest BCUT2D eigenvalue weighted by Crippen LogP contribution is 2.18. The van der Waals surface area contributed by atoms with Crippen molar-refractivity contribution in [3.05, 3.63) is 66.1 Å². The zero-order chi connectivity index (χ0) is 19.1. The number of amides is 2. The lowest BCUT2D eigenvalue weighted by atomic mass is 10.2. The van der Waals surface area contributed by atoms with Crippen molar-refractivity contribution in [1.82, 2.24) is 29.6 Å². The van der Waals surface area contributed by atoms with Gasteiger partial charge in [-0.15, -0.1) is 0 Å². The Bertz CT molecular complexity index is 1150. The fraction of sp³-hybridized carbons (Fsp3) is 0.200. The third-order valence-corrected chi connectivity index (χ3v) is 5.15. The van der Waals surface area contributed by atoms with Crippen LogP contribution >= 0.6 is 0 Å². The van der Waals surface area contributed by atoms with Gasteiger partial charge in [0.1, 0.15) is 11.2 Å². The van der Waals surface area contributed by atoms with Crippen LogP contribution in [0.5, 0.6) is 0 Å². The number of aromatic nitrogens is 4. The van der Waals surface area contributed by atoms with E-state index in [1.807, 2.05) is 36.4 Å². The molecule has 1 aromatic carbocycles. The van der Waals surface area contributed by atoms with Gasteiger partial charge >= 0.3 is 0 Å². The summed E-state index contributed by atoms with van der Waals surface area (Å²) in [6, 6.07) is 13.3. The molecule has 0 atom stereocenters. The molecule has 5 rings (SSSR count). The van der Waals surface area contributed by atoms with Crippen molar-refractivity contribution in [3.8, 4) is 0 Å². The lowest BCUT2D eigenvalue weighted by Gasteiger charge is -2.34. The molecule has 0 aliphatic carbocycles. The molecule has 28 heavy (non-hydrogen) atoms. The van der Waals surface area contributed by atoms with E-state index in [-0.39, 0.29) is 11.8 Å². The summed E-state index contributed by atoms with van der Waals surface area (Å²) in [5.74, 6) is -0.121. The Morgan fingerprint density at radius 3 is 2.43 bits per heavy atom. The molecule has 0 unspecified atom stereocenters. The van der Waals surface area contributed by atoms with Gasteiger partial charge in [-0.05, 0) is 24.3 Å². The van der Waals surface area contributed by atoms with Crippen LogP contribution < -0.4 is 0 Å². The number of piperazine rings is 1. The average molecular weight is 374 g/mol. The van der Waals surface area contributed by atoms with Crippen molar-refractivity contribution >= 4 is 28.2 Å². The first-order valence-electron chi connectivity index (χ1n) is 9.16. The number of nitrogens with one attached hydrogen (secondary N) is 1. The van der Waals surface area contributed by atoms with Gasteiger partial charge in [0.2, 0.25) is 0 Å². The monoisotopic (exact) mass is 374 g/mol. The first kappa shape index (κ1) is 16.5. The molecule has 3 aromatic heterocycles. The number of hydrogen-bond donors (Lipinski definition) is 1. The molecule has 1 aliphatic rings. The second kappa shape index (κ2) is 6.49. The van der Waals surface area contributed by atoms with Crippen LogP contribution in [0.2, 0.25) is 0 Å². The van der Waals surface area contributed by atoms with Gasteiger partial charge in [-0.3, -0.25) is 9.59 Å². The fourth-order valence-electron chi connectivity index (χ4n) is 3.64. The molecule has 2 amide bonds. The van der Waals surface area contributed by atoms with Crippen molar-refractivity contribution in [3.63, 3.8) is 0 Å². The molecule has 140 valence electrons. The number of hydrogen-bond acceptors (Lipinski definition) is 4. The van der Waals surface area contributed by atoms with Crippen LogP contribution in [-0.2, 0) is 0 Å². The first-order valence-corrected chi connectivity index (χ1v) is 9.16. The Morgan fingerprint density at radius 2 is 1.64 bits per heavy atom. The summed E-state index contributed by atoms with van der Waals surface area (Å²) >= 11 is 0. The van der Waals surface area contributed by atoms with E-state index >= 15 is 0 Å². The molecular formula is C20H18N6O2. The highest BCUT2D eigenvalue weighted by atomic mass is 16.2. The molecule has 1 fully saturated rings. The molecule has 0 spiro atoms. The highest BCUT2D eigenvalue weighted by molar-refractivity contribution is 6.01. The molecule has 0 radical (unpaired) electrons. The number of carbonyl (C=O) groups is 2. The van der Waals surface area contributed by atoms with Crippen LogP contribution in [0, 0.1) is 0 Å². The van der Waals surface area contributed by atoms with Crippen LogP contribution in [0.3, 0.4) is 0 Å². The standard InChI is InChI=1S/C20H18N6O2/c27-19(15-13-22-26-18(15)6-3-7-21-26)24-8-10-25(11-9-24)20(28)17-12-14-4-1-2-5-16(14)23-17/h1-7,12-13,23H,8-11H2. The van der Waals surface area contributed by atoms with Crippen LogP contribution in [0.1, 0.15) is 20.8 Å². The minimum Gasteiger partial charge on any atom is -0.351 e. The van der Waals surface area contributed by atoms with Crippen LogP contribution in [-0.4, -0.2) is 67.6 Å². The van der Waals surface area contributed by atoms with Crippen molar-refractivity contribution in [2.75, 3.05) is 26.2 Å². The van der Waals surface area contributed by atoms with Crippen molar-refractivity contribution in [1.29, 1.82) is 0 Å². The zero-order valence-electron chi connectivity index (χ0n) is 15.1.